The van der Waals surface area contributed by atoms with Gasteiger partial charge in [-0.3, -0.25) is 4.79 Å². The standard InChI is InChI=1S/C22H22FN5O3S/c1-27-11-10-24-22(27)21(15-6-5-7-16(23)12-15)26-20(29)13-28-18-9-4-3-8-17(18)25-19(28)14-32(2,30)31/h3-12,21H,13-14H2,1-2H3,(H,26,29)/t21-/m0/s1. The van der Waals surface area contributed by atoms with E-state index in [-0.39, 0.29) is 24.0 Å². The van der Waals surface area contributed by atoms with E-state index in [0.29, 0.717) is 22.4 Å². The summed E-state index contributed by atoms with van der Waals surface area (Å²) in [5.74, 6) is -0.284. The predicted octanol–water partition coefficient (Wildman–Crippen LogP) is 2.36. The summed E-state index contributed by atoms with van der Waals surface area (Å²) in [4.78, 5) is 21.8. The van der Waals surface area contributed by atoms with E-state index in [9.17, 15) is 17.6 Å². The molecule has 1 amide bonds. The van der Waals surface area contributed by atoms with Crippen LogP contribution in [0.4, 0.5) is 4.39 Å². The van der Waals surface area contributed by atoms with E-state index in [1.165, 1.54) is 12.1 Å². The molecular formula is C22H22FN5O3S. The number of fused-ring (bicyclic) bond motifs is 1. The summed E-state index contributed by atoms with van der Waals surface area (Å²) >= 11 is 0. The summed E-state index contributed by atoms with van der Waals surface area (Å²) < 4.78 is 41.0. The van der Waals surface area contributed by atoms with Crippen molar-refractivity contribution in [2.75, 3.05) is 6.26 Å². The Bertz CT molecular complexity index is 1390. The molecule has 0 radical (unpaired) electrons. The van der Waals surface area contributed by atoms with Gasteiger partial charge in [0.05, 0.1) is 11.0 Å². The molecule has 1 atom stereocenters. The molecule has 0 bridgehead atoms. The van der Waals surface area contributed by atoms with Crippen molar-refractivity contribution >= 4 is 26.8 Å². The first-order valence-corrected chi connectivity index (χ1v) is 11.9. The van der Waals surface area contributed by atoms with Crippen molar-refractivity contribution in [3.63, 3.8) is 0 Å². The molecule has 0 spiro atoms. The van der Waals surface area contributed by atoms with E-state index in [0.717, 1.165) is 6.26 Å². The molecule has 4 rings (SSSR count). The lowest BCUT2D eigenvalue weighted by Crippen LogP contribution is -2.34. The smallest absolute Gasteiger partial charge is 0.240 e. The Kier molecular flexibility index (Phi) is 5.79. The van der Waals surface area contributed by atoms with E-state index in [2.05, 4.69) is 15.3 Å². The van der Waals surface area contributed by atoms with Crippen LogP contribution in [-0.4, -0.2) is 39.7 Å². The summed E-state index contributed by atoms with van der Waals surface area (Å²) in [5.41, 5.74) is 1.80. The van der Waals surface area contributed by atoms with Crippen molar-refractivity contribution in [1.29, 1.82) is 0 Å². The van der Waals surface area contributed by atoms with Crippen molar-refractivity contribution < 1.29 is 17.6 Å². The summed E-state index contributed by atoms with van der Waals surface area (Å²) in [6, 6.07) is 12.4. The topological polar surface area (TPSA) is 98.9 Å². The third-order valence-corrected chi connectivity index (χ3v) is 5.81. The number of hydrogen-bond acceptors (Lipinski definition) is 5. The minimum atomic E-state index is -3.37. The van der Waals surface area contributed by atoms with Gasteiger partial charge in [-0.25, -0.2) is 22.8 Å². The lowest BCUT2D eigenvalue weighted by molar-refractivity contribution is -0.122. The number of nitrogens with one attached hydrogen (secondary N) is 1. The molecule has 2 aromatic carbocycles. The lowest BCUT2D eigenvalue weighted by atomic mass is 10.1. The lowest BCUT2D eigenvalue weighted by Gasteiger charge is -2.20. The quantitative estimate of drug-likeness (QED) is 0.461. The number of hydrogen-bond donors (Lipinski definition) is 1. The van der Waals surface area contributed by atoms with Crippen LogP contribution in [0, 0.1) is 5.82 Å². The first kappa shape index (κ1) is 21.7. The molecular weight excluding hydrogens is 433 g/mol. The SMILES string of the molecule is Cn1ccnc1[C@@H](NC(=O)Cn1c(CS(C)(=O)=O)nc2ccccc21)c1cccc(F)c1. The molecule has 166 valence electrons. The van der Waals surface area contributed by atoms with Gasteiger partial charge in [0.15, 0.2) is 9.84 Å². The highest BCUT2D eigenvalue weighted by molar-refractivity contribution is 7.89. The van der Waals surface area contributed by atoms with Gasteiger partial charge in [-0.15, -0.1) is 0 Å². The number of carbonyl (C=O) groups is 1. The van der Waals surface area contributed by atoms with E-state index in [4.69, 9.17) is 0 Å². The van der Waals surface area contributed by atoms with Crippen LogP contribution >= 0.6 is 0 Å². The first-order chi connectivity index (χ1) is 15.2. The second-order valence-corrected chi connectivity index (χ2v) is 9.77. The number of aryl methyl sites for hydroxylation is 1. The minimum Gasteiger partial charge on any atom is -0.341 e. The number of nitrogens with zero attached hydrogens (tertiary/aromatic N) is 4. The molecule has 0 saturated carbocycles. The second-order valence-electron chi connectivity index (χ2n) is 7.62. The molecule has 1 N–H and O–H groups in total. The highest BCUT2D eigenvalue weighted by Gasteiger charge is 2.23. The third-order valence-electron chi connectivity index (χ3n) is 5.03. The van der Waals surface area contributed by atoms with Gasteiger partial charge < -0.3 is 14.5 Å². The van der Waals surface area contributed by atoms with Gasteiger partial charge in [-0.1, -0.05) is 24.3 Å². The zero-order valence-corrected chi connectivity index (χ0v) is 18.4. The van der Waals surface area contributed by atoms with Gasteiger partial charge in [0.1, 0.15) is 35.8 Å². The Morgan fingerprint density at radius 2 is 1.97 bits per heavy atom. The van der Waals surface area contributed by atoms with Gasteiger partial charge in [0, 0.05) is 25.7 Å². The molecule has 0 aliphatic heterocycles. The van der Waals surface area contributed by atoms with Crippen LogP contribution in [-0.2, 0) is 34.0 Å². The maximum Gasteiger partial charge on any atom is 0.240 e. The molecule has 0 aliphatic carbocycles. The van der Waals surface area contributed by atoms with E-state index in [1.54, 1.807) is 65.0 Å². The van der Waals surface area contributed by atoms with Crippen molar-refractivity contribution in [3.8, 4) is 0 Å². The number of imidazole rings is 2. The Labute approximate surface area is 184 Å². The number of aromatic nitrogens is 4. The van der Waals surface area contributed by atoms with Gasteiger partial charge in [0.25, 0.3) is 0 Å². The van der Waals surface area contributed by atoms with Crippen molar-refractivity contribution in [2.45, 2.75) is 18.3 Å². The van der Waals surface area contributed by atoms with Crippen LogP contribution in [0.3, 0.4) is 0 Å². The number of sulfone groups is 1. The second kappa shape index (κ2) is 8.54. The van der Waals surface area contributed by atoms with E-state index >= 15 is 0 Å². The van der Waals surface area contributed by atoms with Crippen LogP contribution in [0.25, 0.3) is 11.0 Å². The molecule has 4 aromatic rings. The monoisotopic (exact) mass is 455 g/mol. The van der Waals surface area contributed by atoms with E-state index in [1.807, 2.05) is 0 Å². The molecule has 0 fully saturated rings. The van der Waals surface area contributed by atoms with Crippen molar-refractivity contribution in [2.24, 2.45) is 7.05 Å². The molecule has 10 heteroatoms. The molecule has 2 aromatic heterocycles. The van der Waals surface area contributed by atoms with Crippen LogP contribution in [0.5, 0.6) is 0 Å². The maximum absolute atomic E-state index is 13.9. The number of rotatable bonds is 7. The summed E-state index contributed by atoms with van der Waals surface area (Å²) in [6.07, 6.45) is 4.46. The zero-order chi connectivity index (χ0) is 22.9. The van der Waals surface area contributed by atoms with Crippen molar-refractivity contribution in [1.82, 2.24) is 24.4 Å². The summed E-state index contributed by atoms with van der Waals surface area (Å²) in [6.45, 7) is -0.151. The molecule has 0 saturated heterocycles. The van der Waals surface area contributed by atoms with Crippen LogP contribution < -0.4 is 5.32 Å². The van der Waals surface area contributed by atoms with Gasteiger partial charge in [-0.05, 0) is 29.8 Å². The van der Waals surface area contributed by atoms with Crippen molar-refractivity contribution in [3.05, 3.63) is 84.0 Å². The first-order valence-electron chi connectivity index (χ1n) is 9.85. The highest BCUT2D eigenvalue weighted by atomic mass is 32.2. The minimum absolute atomic E-state index is 0.151. The van der Waals surface area contributed by atoms with Crippen LogP contribution in [0.2, 0.25) is 0 Å². The number of halogens is 1. The Balaban J connectivity index is 1.68. The molecule has 0 unspecified atom stereocenters. The highest BCUT2D eigenvalue weighted by Crippen LogP contribution is 2.22. The number of amides is 1. The fraction of sp³-hybridized carbons (Fsp3) is 0.227. The molecule has 0 aliphatic rings. The van der Waals surface area contributed by atoms with Gasteiger partial charge in [0.2, 0.25) is 5.91 Å². The zero-order valence-electron chi connectivity index (χ0n) is 17.6. The van der Waals surface area contributed by atoms with E-state index < -0.39 is 21.7 Å². The third kappa shape index (κ3) is 4.70. The summed E-state index contributed by atoms with van der Waals surface area (Å²) in [5, 5.41) is 2.91. The number of carbonyl (C=O) groups excluding carboxylic acids is 1. The number of para-hydroxylation sites is 2. The fourth-order valence-electron chi connectivity index (χ4n) is 3.64. The largest absolute Gasteiger partial charge is 0.341 e. The van der Waals surface area contributed by atoms with Gasteiger partial charge >= 0.3 is 0 Å². The number of benzene rings is 2. The molecule has 2 heterocycles. The Hall–Kier alpha value is -3.53. The average Bonchev–Trinajstić information content (AvgIpc) is 3.28. The average molecular weight is 456 g/mol. The maximum atomic E-state index is 13.9. The van der Waals surface area contributed by atoms with Crippen LogP contribution in [0.15, 0.2) is 60.9 Å². The molecule has 8 nitrogen and oxygen atoms in total. The molecule has 32 heavy (non-hydrogen) atoms. The fourth-order valence-corrected chi connectivity index (χ4v) is 4.32. The summed E-state index contributed by atoms with van der Waals surface area (Å²) in [7, 11) is -1.58. The Morgan fingerprint density at radius 1 is 1.19 bits per heavy atom. The van der Waals surface area contributed by atoms with Gasteiger partial charge in [-0.2, -0.15) is 0 Å². The normalized spacial score (nSPS) is 12.7. The van der Waals surface area contributed by atoms with Crippen LogP contribution in [0.1, 0.15) is 23.3 Å². The predicted molar refractivity (Wildman–Crippen MR) is 118 cm³/mol. The Morgan fingerprint density at radius 3 is 2.66 bits per heavy atom.